The molecule has 2 saturated heterocycles. The van der Waals surface area contributed by atoms with Gasteiger partial charge in [-0.15, -0.1) is 0 Å². The van der Waals surface area contributed by atoms with Crippen LogP contribution in [0.2, 0.25) is 5.02 Å². The second-order valence-electron chi connectivity index (χ2n) is 6.52. The molecule has 2 aliphatic rings. The normalized spacial score (nSPS) is 20.0. The fourth-order valence-electron chi connectivity index (χ4n) is 3.47. The quantitative estimate of drug-likeness (QED) is 0.764. The van der Waals surface area contributed by atoms with Gasteiger partial charge >= 0.3 is 18.1 Å². The van der Waals surface area contributed by atoms with E-state index >= 15 is 0 Å². The summed E-state index contributed by atoms with van der Waals surface area (Å²) in [4.78, 5) is 39.6. The monoisotopic (exact) mass is 411 g/mol. The van der Waals surface area contributed by atoms with E-state index in [9.17, 15) is 14.4 Å². The van der Waals surface area contributed by atoms with Crippen LogP contribution in [0.25, 0.3) is 0 Å². The van der Waals surface area contributed by atoms with Crippen LogP contribution < -0.4 is 10.1 Å². The van der Waals surface area contributed by atoms with Gasteiger partial charge in [-0.2, -0.15) is 0 Å². The van der Waals surface area contributed by atoms with Crippen molar-refractivity contribution in [1.82, 2.24) is 9.80 Å². The average Bonchev–Trinajstić information content (AvgIpc) is 3.09. The van der Waals surface area contributed by atoms with Crippen LogP contribution in [0.15, 0.2) is 18.2 Å². The van der Waals surface area contributed by atoms with Gasteiger partial charge in [0.25, 0.3) is 0 Å². The number of esters is 1. The standard InChI is InChI=1S/C18H22ClN3O6/c1-26-15-4-3-11(19)9-13(15)20-17(24)21-7-5-12(6-8-21)22-14(16(23)27-2)10-28-18(22)25/h3-4,9,12,14H,5-8,10H2,1-2H3,(H,20,24). The summed E-state index contributed by atoms with van der Waals surface area (Å²) in [6, 6.07) is 3.76. The van der Waals surface area contributed by atoms with E-state index in [0.29, 0.717) is 42.4 Å². The number of ether oxygens (including phenoxy) is 3. The Morgan fingerprint density at radius 2 is 1.96 bits per heavy atom. The number of urea groups is 1. The van der Waals surface area contributed by atoms with Crippen molar-refractivity contribution < 1.29 is 28.6 Å². The molecule has 2 aliphatic heterocycles. The van der Waals surface area contributed by atoms with E-state index in [2.05, 4.69) is 5.32 Å². The summed E-state index contributed by atoms with van der Waals surface area (Å²) >= 11 is 5.99. The van der Waals surface area contributed by atoms with Gasteiger partial charge in [0.15, 0.2) is 6.04 Å². The Morgan fingerprint density at radius 3 is 2.61 bits per heavy atom. The summed E-state index contributed by atoms with van der Waals surface area (Å²) in [7, 11) is 2.79. The predicted octanol–water partition coefficient (Wildman–Crippen LogP) is 2.34. The van der Waals surface area contributed by atoms with Gasteiger partial charge in [-0.1, -0.05) is 11.6 Å². The SMILES string of the molecule is COC(=O)C1COC(=O)N1C1CCN(C(=O)Nc2cc(Cl)ccc2OC)CC1. The third-order valence-electron chi connectivity index (χ3n) is 4.93. The number of nitrogens with one attached hydrogen (secondary N) is 1. The highest BCUT2D eigenvalue weighted by Gasteiger charge is 2.44. The zero-order chi connectivity index (χ0) is 20.3. The number of carbonyl (C=O) groups is 3. The molecule has 2 fully saturated rings. The Bertz CT molecular complexity index is 766. The molecule has 0 bridgehead atoms. The molecule has 1 atom stereocenters. The molecular weight excluding hydrogens is 390 g/mol. The summed E-state index contributed by atoms with van der Waals surface area (Å²) in [5.41, 5.74) is 0.482. The molecule has 2 heterocycles. The zero-order valence-corrected chi connectivity index (χ0v) is 16.4. The lowest BCUT2D eigenvalue weighted by Crippen LogP contribution is -2.52. The van der Waals surface area contributed by atoms with Gasteiger partial charge in [-0.3, -0.25) is 4.90 Å². The van der Waals surface area contributed by atoms with E-state index in [1.165, 1.54) is 19.1 Å². The lowest BCUT2D eigenvalue weighted by atomic mass is 10.0. The maximum atomic E-state index is 12.6. The third kappa shape index (κ3) is 4.09. The number of benzene rings is 1. The summed E-state index contributed by atoms with van der Waals surface area (Å²) in [5.74, 6) is 0.00689. The number of cyclic esters (lactones) is 1. The molecule has 1 unspecified atom stereocenters. The van der Waals surface area contributed by atoms with Crippen LogP contribution in [0, 0.1) is 0 Å². The highest BCUT2D eigenvalue weighted by Crippen LogP contribution is 2.29. The lowest BCUT2D eigenvalue weighted by molar-refractivity contribution is -0.145. The fourth-order valence-corrected chi connectivity index (χ4v) is 3.64. The first-order valence-electron chi connectivity index (χ1n) is 8.87. The largest absolute Gasteiger partial charge is 0.495 e. The molecule has 0 aliphatic carbocycles. The van der Waals surface area contributed by atoms with Gasteiger partial charge in [-0.25, -0.2) is 14.4 Å². The van der Waals surface area contributed by atoms with Crippen LogP contribution in [0.4, 0.5) is 15.3 Å². The molecular formula is C18H22ClN3O6. The maximum absolute atomic E-state index is 12.6. The average molecular weight is 412 g/mol. The molecule has 3 amide bonds. The van der Waals surface area contributed by atoms with Crippen LogP contribution in [0.3, 0.4) is 0 Å². The number of piperidine rings is 1. The predicted molar refractivity (Wildman–Crippen MR) is 101 cm³/mol. The summed E-state index contributed by atoms with van der Waals surface area (Å²) in [6.07, 6.45) is 0.535. The lowest BCUT2D eigenvalue weighted by Gasteiger charge is -2.37. The number of hydrogen-bond acceptors (Lipinski definition) is 6. The fraction of sp³-hybridized carbons (Fsp3) is 0.500. The first kappa shape index (κ1) is 20.1. The summed E-state index contributed by atoms with van der Waals surface area (Å²) < 4.78 is 15.0. The van der Waals surface area contributed by atoms with E-state index in [1.54, 1.807) is 23.1 Å². The van der Waals surface area contributed by atoms with Crippen molar-refractivity contribution in [1.29, 1.82) is 0 Å². The van der Waals surface area contributed by atoms with Crippen LogP contribution in [-0.4, -0.2) is 73.9 Å². The minimum absolute atomic E-state index is 0.0131. The number of hydrogen-bond donors (Lipinski definition) is 1. The number of amides is 3. The Balaban J connectivity index is 1.61. The van der Waals surface area contributed by atoms with E-state index in [1.807, 2.05) is 0 Å². The van der Waals surface area contributed by atoms with Crippen molar-refractivity contribution in [3.8, 4) is 5.75 Å². The Hall–Kier alpha value is -2.68. The van der Waals surface area contributed by atoms with Gasteiger partial charge in [-0.05, 0) is 31.0 Å². The molecule has 1 aromatic rings. The second kappa shape index (κ2) is 8.55. The molecule has 1 N–H and O–H groups in total. The van der Waals surface area contributed by atoms with Crippen LogP contribution >= 0.6 is 11.6 Å². The Morgan fingerprint density at radius 1 is 1.25 bits per heavy atom. The topological polar surface area (TPSA) is 97.4 Å². The minimum Gasteiger partial charge on any atom is -0.495 e. The molecule has 0 radical (unpaired) electrons. The van der Waals surface area contributed by atoms with Crippen molar-refractivity contribution in [3.05, 3.63) is 23.2 Å². The molecule has 152 valence electrons. The van der Waals surface area contributed by atoms with Crippen LogP contribution in [0.5, 0.6) is 5.75 Å². The summed E-state index contributed by atoms with van der Waals surface area (Å²) in [6.45, 7) is 0.842. The Kier molecular flexibility index (Phi) is 6.13. The van der Waals surface area contributed by atoms with Gasteiger partial charge in [0.05, 0.1) is 19.9 Å². The molecule has 28 heavy (non-hydrogen) atoms. The van der Waals surface area contributed by atoms with Gasteiger partial charge in [0.2, 0.25) is 0 Å². The van der Waals surface area contributed by atoms with Crippen molar-refractivity contribution >= 4 is 35.4 Å². The van der Waals surface area contributed by atoms with Crippen molar-refractivity contribution in [2.24, 2.45) is 0 Å². The van der Waals surface area contributed by atoms with Crippen molar-refractivity contribution in [2.45, 2.75) is 24.9 Å². The maximum Gasteiger partial charge on any atom is 0.410 e. The van der Waals surface area contributed by atoms with Crippen LogP contribution in [0.1, 0.15) is 12.8 Å². The van der Waals surface area contributed by atoms with E-state index < -0.39 is 18.1 Å². The number of likely N-dealkylation sites (tertiary alicyclic amines) is 1. The molecule has 9 nitrogen and oxygen atoms in total. The number of halogens is 1. The third-order valence-corrected chi connectivity index (χ3v) is 5.17. The zero-order valence-electron chi connectivity index (χ0n) is 15.6. The molecule has 10 heteroatoms. The van der Waals surface area contributed by atoms with Crippen LogP contribution in [-0.2, 0) is 14.3 Å². The number of anilines is 1. The second-order valence-corrected chi connectivity index (χ2v) is 6.95. The van der Waals surface area contributed by atoms with Gasteiger partial charge in [0.1, 0.15) is 12.4 Å². The number of carbonyl (C=O) groups excluding carboxylic acids is 3. The molecule has 0 aromatic heterocycles. The number of nitrogens with zero attached hydrogens (tertiary/aromatic N) is 2. The van der Waals surface area contributed by atoms with E-state index in [4.69, 9.17) is 25.8 Å². The van der Waals surface area contributed by atoms with E-state index in [0.717, 1.165) is 0 Å². The minimum atomic E-state index is -0.737. The molecule has 0 saturated carbocycles. The van der Waals surface area contributed by atoms with Crippen molar-refractivity contribution in [3.63, 3.8) is 0 Å². The Labute approximate surface area is 167 Å². The van der Waals surface area contributed by atoms with Gasteiger partial charge in [0, 0.05) is 24.2 Å². The first-order chi connectivity index (χ1) is 13.4. The number of methoxy groups -OCH3 is 2. The van der Waals surface area contributed by atoms with E-state index in [-0.39, 0.29) is 18.7 Å². The van der Waals surface area contributed by atoms with Gasteiger partial charge < -0.3 is 24.4 Å². The van der Waals surface area contributed by atoms with Crippen molar-refractivity contribution in [2.75, 3.05) is 39.2 Å². The molecule has 0 spiro atoms. The smallest absolute Gasteiger partial charge is 0.410 e. The first-order valence-corrected chi connectivity index (χ1v) is 9.24. The summed E-state index contributed by atoms with van der Waals surface area (Å²) in [5, 5.41) is 3.28. The molecule has 3 rings (SSSR count). The molecule has 1 aromatic carbocycles. The highest BCUT2D eigenvalue weighted by atomic mass is 35.5. The highest BCUT2D eigenvalue weighted by molar-refractivity contribution is 6.31. The number of rotatable bonds is 4.